The van der Waals surface area contributed by atoms with Crippen molar-refractivity contribution < 1.29 is 9.59 Å². The zero-order valence-electron chi connectivity index (χ0n) is 13.6. The molecule has 3 aromatic heterocycles. The maximum Gasteiger partial charge on any atom is 0.275 e. The Bertz CT molecular complexity index is 1040. The van der Waals surface area contributed by atoms with E-state index in [1.165, 1.54) is 15.7 Å². The molecule has 0 aliphatic heterocycles. The van der Waals surface area contributed by atoms with Crippen molar-refractivity contribution in [3.8, 4) is 0 Å². The number of thiophene rings is 1. The van der Waals surface area contributed by atoms with E-state index in [1.807, 2.05) is 6.92 Å². The number of anilines is 1. The molecular weight excluding hydrogens is 383 g/mol. The number of amides is 2. The van der Waals surface area contributed by atoms with Crippen LogP contribution in [0.4, 0.5) is 5.00 Å². The van der Waals surface area contributed by atoms with Gasteiger partial charge in [-0.3, -0.25) is 14.0 Å². The first-order valence-corrected chi connectivity index (χ1v) is 8.82. The third-order valence-corrected chi connectivity index (χ3v) is 5.50. The molecule has 9 heteroatoms. The van der Waals surface area contributed by atoms with Gasteiger partial charge in [-0.05, 0) is 32.4 Å². The number of pyridine rings is 1. The lowest BCUT2D eigenvalue weighted by Crippen LogP contribution is -2.19. The Labute approximate surface area is 157 Å². The second kappa shape index (κ2) is 6.33. The lowest BCUT2D eigenvalue weighted by Gasteiger charge is -2.07. The Hall–Kier alpha value is -2.09. The zero-order valence-corrected chi connectivity index (χ0v) is 15.9. The van der Waals surface area contributed by atoms with Gasteiger partial charge in [-0.2, -0.15) is 0 Å². The van der Waals surface area contributed by atoms with E-state index in [1.54, 1.807) is 26.1 Å². The Kier molecular flexibility index (Phi) is 4.49. The Balaban J connectivity index is 2.09. The van der Waals surface area contributed by atoms with Gasteiger partial charge in [-0.1, -0.05) is 23.2 Å². The fraction of sp³-hybridized carbons (Fsp3) is 0.188. The van der Waals surface area contributed by atoms with Crippen LogP contribution >= 0.6 is 34.5 Å². The van der Waals surface area contributed by atoms with E-state index in [9.17, 15) is 9.59 Å². The lowest BCUT2D eigenvalue weighted by atomic mass is 10.1. The van der Waals surface area contributed by atoms with Crippen LogP contribution in [0.25, 0.3) is 5.65 Å². The van der Waals surface area contributed by atoms with Gasteiger partial charge in [0.15, 0.2) is 5.65 Å². The number of nitrogens with zero attached hydrogens (tertiary/aromatic N) is 2. The number of hydrogen-bond donors (Lipinski definition) is 2. The summed E-state index contributed by atoms with van der Waals surface area (Å²) >= 11 is 13.5. The number of fused-ring (bicyclic) bond motifs is 1. The van der Waals surface area contributed by atoms with E-state index >= 15 is 0 Å². The van der Waals surface area contributed by atoms with Crippen LogP contribution in [0.1, 0.15) is 37.0 Å². The van der Waals surface area contributed by atoms with E-state index in [0.29, 0.717) is 37.6 Å². The largest absolute Gasteiger partial charge is 0.365 e. The molecular formula is C16H14Cl2N4O2S. The number of hydrogen-bond acceptors (Lipinski definition) is 4. The summed E-state index contributed by atoms with van der Waals surface area (Å²) in [5, 5.41) is 3.89. The molecule has 0 aliphatic carbocycles. The molecule has 0 unspecified atom stereocenters. The number of carbonyl (C=O) groups is 2. The zero-order chi connectivity index (χ0) is 18.5. The van der Waals surface area contributed by atoms with Crippen molar-refractivity contribution in [2.75, 3.05) is 5.32 Å². The molecule has 0 radical (unpaired) electrons. The molecule has 0 atom stereocenters. The van der Waals surface area contributed by atoms with Crippen LogP contribution in [0, 0.1) is 20.8 Å². The van der Waals surface area contributed by atoms with Crippen LogP contribution in [0.5, 0.6) is 0 Å². The second-order valence-corrected chi connectivity index (χ2v) is 7.62. The average Bonchev–Trinajstić information content (AvgIpc) is 2.96. The summed E-state index contributed by atoms with van der Waals surface area (Å²) in [6, 6.07) is 1.56. The molecule has 3 rings (SSSR count). The van der Waals surface area contributed by atoms with Gasteiger partial charge in [0.05, 0.1) is 21.3 Å². The molecule has 6 nitrogen and oxygen atoms in total. The lowest BCUT2D eigenvalue weighted by molar-refractivity contribution is 0.100. The number of aryl methyl sites for hydroxylation is 2. The Morgan fingerprint density at radius 3 is 2.60 bits per heavy atom. The van der Waals surface area contributed by atoms with Crippen molar-refractivity contribution in [1.29, 1.82) is 0 Å². The summed E-state index contributed by atoms with van der Waals surface area (Å²) in [7, 11) is 0. The summed E-state index contributed by atoms with van der Waals surface area (Å²) in [5.74, 6) is -1.01. The number of rotatable bonds is 3. The van der Waals surface area contributed by atoms with Gasteiger partial charge in [0.25, 0.3) is 11.8 Å². The van der Waals surface area contributed by atoms with Gasteiger partial charge in [-0.15, -0.1) is 11.3 Å². The van der Waals surface area contributed by atoms with Gasteiger partial charge < -0.3 is 11.1 Å². The van der Waals surface area contributed by atoms with Gasteiger partial charge in [0.2, 0.25) is 0 Å². The maximum atomic E-state index is 12.8. The number of aromatic nitrogens is 2. The third kappa shape index (κ3) is 2.99. The van der Waals surface area contributed by atoms with Crippen LogP contribution < -0.4 is 11.1 Å². The van der Waals surface area contributed by atoms with E-state index in [4.69, 9.17) is 28.9 Å². The first kappa shape index (κ1) is 17.7. The fourth-order valence-electron chi connectivity index (χ4n) is 2.63. The highest BCUT2D eigenvalue weighted by atomic mass is 35.5. The van der Waals surface area contributed by atoms with Gasteiger partial charge >= 0.3 is 0 Å². The Morgan fingerprint density at radius 2 is 1.96 bits per heavy atom. The van der Waals surface area contributed by atoms with Gasteiger partial charge in [0, 0.05) is 11.1 Å². The van der Waals surface area contributed by atoms with Crippen LogP contribution in [0.3, 0.4) is 0 Å². The number of carbonyl (C=O) groups excluding carboxylic acids is 2. The highest BCUT2D eigenvalue weighted by Crippen LogP contribution is 2.33. The quantitative estimate of drug-likeness (QED) is 0.701. The van der Waals surface area contributed by atoms with Crippen molar-refractivity contribution in [1.82, 2.24) is 9.38 Å². The van der Waals surface area contributed by atoms with Crippen molar-refractivity contribution in [2.45, 2.75) is 20.8 Å². The number of nitrogens with one attached hydrogen (secondary N) is 1. The molecule has 130 valence electrons. The Morgan fingerprint density at radius 1 is 1.28 bits per heavy atom. The minimum atomic E-state index is -0.585. The first-order chi connectivity index (χ1) is 11.7. The summed E-state index contributed by atoms with van der Waals surface area (Å²) < 4.78 is 1.53. The molecule has 3 heterocycles. The maximum absolute atomic E-state index is 12.8. The first-order valence-electron chi connectivity index (χ1n) is 7.25. The molecule has 0 bridgehead atoms. The molecule has 3 N–H and O–H groups in total. The number of halogens is 2. The molecule has 0 spiro atoms. The average molecular weight is 397 g/mol. The predicted molar refractivity (Wildman–Crippen MR) is 100 cm³/mol. The predicted octanol–water partition coefficient (Wildman–Crippen LogP) is 3.98. The van der Waals surface area contributed by atoms with Crippen LogP contribution in [-0.4, -0.2) is 21.2 Å². The highest BCUT2D eigenvalue weighted by molar-refractivity contribution is 7.16. The smallest absolute Gasteiger partial charge is 0.275 e. The van der Waals surface area contributed by atoms with Crippen molar-refractivity contribution >= 4 is 57.0 Å². The van der Waals surface area contributed by atoms with Crippen molar-refractivity contribution in [2.24, 2.45) is 5.73 Å². The van der Waals surface area contributed by atoms with Gasteiger partial charge in [0.1, 0.15) is 10.7 Å². The minimum Gasteiger partial charge on any atom is -0.365 e. The minimum absolute atomic E-state index is 0.290. The normalized spacial score (nSPS) is 11.1. The van der Waals surface area contributed by atoms with E-state index in [0.717, 1.165) is 10.4 Å². The van der Waals surface area contributed by atoms with Gasteiger partial charge in [-0.25, -0.2) is 4.98 Å². The topological polar surface area (TPSA) is 89.5 Å². The molecule has 2 amide bonds. The van der Waals surface area contributed by atoms with Crippen LogP contribution in [-0.2, 0) is 0 Å². The molecule has 25 heavy (non-hydrogen) atoms. The van der Waals surface area contributed by atoms with Crippen molar-refractivity contribution in [3.63, 3.8) is 0 Å². The molecule has 0 aromatic carbocycles. The second-order valence-electron chi connectivity index (χ2n) is 5.55. The molecule has 0 fully saturated rings. The number of imidazole rings is 1. The highest BCUT2D eigenvalue weighted by Gasteiger charge is 2.23. The van der Waals surface area contributed by atoms with E-state index < -0.39 is 11.8 Å². The standard InChI is InChI=1S/C16H14Cl2N4O2S/c1-6-8(3)25-16(11(6)13(19)23)21-15(24)12-7(2)20-14-10(18)4-9(17)5-22(12)14/h4-5H,1-3H3,(H2,19,23)(H,21,24). The fourth-order valence-corrected chi connectivity index (χ4v) is 4.21. The summed E-state index contributed by atoms with van der Waals surface area (Å²) in [6.45, 7) is 5.35. The SMILES string of the molecule is Cc1nc2c(Cl)cc(Cl)cn2c1C(=O)Nc1sc(C)c(C)c1C(N)=O. The van der Waals surface area contributed by atoms with E-state index in [-0.39, 0.29) is 0 Å². The summed E-state index contributed by atoms with van der Waals surface area (Å²) in [5.41, 5.74) is 7.74. The van der Waals surface area contributed by atoms with Crippen LogP contribution in [0.2, 0.25) is 10.0 Å². The summed E-state index contributed by atoms with van der Waals surface area (Å²) in [6.07, 6.45) is 1.57. The van der Waals surface area contributed by atoms with Crippen LogP contribution in [0.15, 0.2) is 12.3 Å². The van der Waals surface area contributed by atoms with Crippen molar-refractivity contribution in [3.05, 3.63) is 49.7 Å². The molecule has 0 saturated carbocycles. The molecule has 3 aromatic rings. The monoisotopic (exact) mass is 396 g/mol. The van der Waals surface area contributed by atoms with E-state index in [2.05, 4.69) is 10.3 Å². The molecule has 0 saturated heterocycles. The third-order valence-electron chi connectivity index (χ3n) is 3.89. The summed E-state index contributed by atoms with van der Waals surface area (Å²) in [4.78, 5) is 29.8. The number of nitrogens with two attached hydrogens (primary N) is 1. The number of primary amides is 1. The molecule has 0 aliphatic rings.